The van der Waals surface area contributed by atoms with E-state index >= 15 is 0 Å². The van der Waals surface area contributed by atoms with Gasteiger partial charge in [0, 0.05) is 11.1 Å². The number of carboxylic acids is 1. The molecule has 4 nitrogen and oxygen atoms in total. The average molecular weight is 229 g/mol. The molecule has 1 unspecified atom stereocenters. The van der Waals surface area contributed by atoms with E-state index in [4.69, 9.17) is 15.9 Å². The highest BCUT2D eigenvalue weighted by Gasteiger charge is 2.22. The molecule has 86 valence electrons. The van der Waals surface area contributed by atoms with Crippen LogP contribution in [0, 0.1) is 5.82 Å². The van der Waals surface area contributed by atoms with Crippen LogP contribution in [0.1, 0.15) is 5.56 Å². The maximum absolute atomic E-state index is 13.4. The summed E-state index contributed by atoms with van der Waals surface area (Å²) in [6.07, 6.45) is -0.0867. The lowest BCUT2D eigenvalue weighted by atomic mass is 10.00. The van der Waals surface area contributed by atoms with Gasteiger partial charge < -0.3 is 15.9 Å². The van der Waals surface area contributed by atoms with Crippen LogP contribution < -0.4 is 5.73 Å². The van der Waals surface area contributed by atoms with Crippen molar-refractivity contribution in [3.8, 4) is 5.75 Å². The molecule has 0 fully saturated rings. The molecule has 0 bridgehead atoms. The van der Waals surface area contributed by atoms with Gasteiger partial charge in [-0.1, -0.05) is 12.1 Å². The topological polar surface area (TPSA) is 83.6 Å². The van der Waals surface area contributed by atoms with Crippen LogP contribution in [0.5, 0.6) is 5.75 Å². The van der Waals surface area contributed by atoms with E-state index in [1.54, 1.807) is 0 Å². The molecule has 0 aliphatic carbocycles. The molecule has 0 saturated carbocycles. The number of benzene rings is 1. The zero-order valence-corrected chi connectivity index (χ0v) is 8.02. The van der Waals surface area contributed by atoms with Gasteiger partial charge in [0.15, 0.2) is 11.6 Å². The highest BCUT2D eigenvalue weighted by molar-refractivity contribution is 5.91. The Bertz CT molecular complexity index is 446. The first-order chi connectivity index (χ1) is 7.49. The third-order valence-corrected chi connectivity index (χ3v) is 2.01. The number of hydrogen-bond donors (Lipinski definition) is 3. The van der Waals surface area contributed by atoms with Gasteiger partial charge in [-0.3, -0.25) is 4.79 Å². The minimum atomic E-state index is -1.69. The van der Waals surface area contributed by atoms with E-state index < -0.39 is 29.2 Å². The molecule has 1 atom stereocenters. The fourth-order valence-electron chi connectivity index (χ4n) is 1.17. The maximum Gasteiger partial charge on any atom is 0.325 e. The highest BCUT2D eigenvalue weighted by atomic mass is 19.1. The third-order valence-electron chi connectivity index (χ3n) is 2.01. The Balaban J connectivity index is 3.26. The first-order valence-electron chi connectivity index (χ1n) is 4.25. The molecule has 0 aromatic heterocycles. The summed E-state index contributed by atoms with van der Waals surface area (Å²) < 4.78 is 25.9. The summed E-state index contributed by atoms with van der Waals surface area (Å²) in [5.74, 6) is -3.30. The first kappa shape index (κ1) is 12.1. The van der Waals surface area contributed by atoms with Gasteiger partial charge in [0.1, 0.15) is 6.04 Å². The number of carbonyl (C=O) groups is 1. The summed E-state index contributed by atoms with van der Waals surface area (Å²) in [5.41, 5.74) is 4.25. The summed E-state index contributed by atoms with van der Waals surface area (Å²) in [6.45, 7) is 0. The van der Waals surface area contributed by atoms with E-state index in [9.17, 15) is 13.6 Å². The number of phenolic OH excluding ortho intramolecular Hbond substituents is 1. The molecule has 0 aliphatic heterocycles. The lowest BCUT2D eigenvalue weighted by molar-refractivity contribution is -0.137. The lowest BCUT2D eigenvalue weighted by Crippen LogP contribution is -2.31. The average Bonchev–Trinajstić information content (AvgIpc) is 2.24. The van der Waals surface area contributed by atoms with E-state index in [2.05, 4.69) is 0 Å². The number of halogens is 2. The summed E-state index contributed by atoms with van der Waals surface area (Å²) in [6, 6.07) is 1.75. The second-order valence-electron chi connectivity index (χ2n) is 3.02. The molecular formula is C10H9F2NO3. The number of rotatable bonds is 3. The Kier molecular flexibility index (Phi) is 3.57. The van der Waals surface area contributed by atoms with Crippen molar-refractivity contribution in [2.45, 2.75) is 6.04 Å². The molecule has 4 N–H and O–H groups in total. The van der Waals surface area contributed by atoms with Crippen LogP contribution in [0.3, 0.4) is 0 Å². The van der Waals surface area contributed by atoms with E-state index in [0.717, 1.165) is 12.1 Å². The monoisotopic (exact) mass is 229 g/mol. The minimum Gasteiger partial charge on any atom is -0.505 e. The van der Waals surface area contributed by atoms with Crippen LogP contribution >= 0.6 is 0 Å². The number of carboxylic acid groups (broad SMARTS) is 1. The molecule has 0 heterocycles. The molecule has 1 rings (SSSR count). The number of aliphatic carboxylic acids is 1. The van der Waals surface area contributed by atoms with Crippen molar-refractivity contribution in [1.29, 1.82) is 0 Å². The fraction of sp³-hybridized carbons (Fsp3) is 0.100. The van der Waals surface area contributed by atoms with Crippen LogP contribution in [0.15, 0.2) is 24.5 Å². The Labute approximate surface area is 89.6 Å². The minimum absolute atomic E-state index is 0.0867. The molecule has 0 radical (unpaired) electrons. The summed E-state index contributed by atoms with van der Waals surface area (Å²) in [5, 5.41) is 17.6. The zero-order valence-electron chi connectivity index (χ0n) is 8.02. The summed E-state index contributed by atoms with van der Waals surface area (Å²) in [4.78, 5) is 10.6. The van der Waals surface area contributed by atoms with Crippen LogP contribution in [-0.2, 0) is 4.79 Å². The van der Waals surface area contributed by atoms with Crippen molar-refractivity contribution in [2.24, 2.45) is 5.73 Å². The number of hydrogen-bond acceptors (Lipinski definition) is 3. The summed E-state index contributed by atoms with van der Waals surface area (Å²) in [7, 11) is 0. The standard InChI is InChI=1S/C10H9F2NO3/c11-4-6(9(13)10(15)16)5-2-1-3-7(14)8(5)12/h1-4,9,14H,13H2,(H,15,16)/b6-4-. The third kappa shape index (κ3) is 2.17. The van der Waals surface area contributed by atoms with Crippen molar-refractivity contribution >= 4 is 11.5 Å². The Morgan fingerprint density at radius 1 is 1.50 bits per heavy atom. The summed E-state index contributed by atoms with van der Waals surface area (Å²) >= 11 is 0. The van der Waals surface area contributed by atoms with Gasteiger partial charge in [0.2, 0.25) is 0 Å². The molecule has 0 saturated heterocycles. The molecule has 0 spiro atoms. The second kappa shape index (κ2) is 4.71. The molecule has 1 aromatic carbocycles. The lowest BCUT2D eigenvalue weighted by Gasteiger charge is -2.11. The Morgan fingerprint density at radius 2 is 2.12 bits per heavy atom. The van der Waals surface area contributed by atoms with Gasteiger partial charge in [0.05, 0.1) is 6.33 Å². The normalized spacial score (nSPS) is 13.6. The largest absolute Gasteiger partial charge is 0.505 e. The van der Waals surface area contributed by atoms with Crippen molar-refractivity contribution in [3.05, 3.63) is 35.9 Å². The van der Waals surface area contributed by atoms with Gasteiger partial charge in [-0.2, -0.15) is 0 Å². The Hall–Kier alpha value is -1.95. The smallest absolute Gasteiger partial charge is 0.325 e. The van der Waals surface area contributed by atoms with Gasteiger partial charge in [-0.15, -0.1) is 0 Å². The molecular weight excluding hydrogens is 220 g/mol. The van der Waals surface area contributed by atoms with Gasteiger partial charge >= 0.3 is 5.97 Å². The van der Waals surface area contributed by atoms with E-state index in [1.807, 2.05) is 0 Å². The maximum atomic E-state index is 13.4. The quantitative estimate of drug-likeness (QED) is 0.728. The van der Waals surface area contributed by atoms with Crippen molar-refractivity contribution in [3.63, 3.8) is 0 Å². The molecule has 0 aliphatic rings. The van der Waals surface area contributed by atoms with E-state index in [-0.39, 0.29) is 11.9 Å². The SMILES string of the molecule is NC(C(=O)O)/C(=C\F)c1cccc(O)c1F. The zero-order chi connectivity index (χ0) is 12.3. The Morgan fingerprint density at radius 3 is 2.62 bits per heavy atom. The number of aromatic hydroxyl groups is 1. The molecule has 1 aromatic rings. The molecule has 6 heteroatoms. The van der Waals surface area contributed by atoms with Gasteiger partial charge in [0.25, 0.3) is 0 Å². The molecule has 16 heavy (non-hydrogen) atoms. The van der Waals surface area contributed by atoms with Crippen molar-refractivity contribution < 1.29 is 23.8 Å². The molecule has 0 amide bonds. The van der Waals surface area contributed by atoms with Crippen LogP contribution in [-0.4, -0.2) is 22.2 Å². The van der Waals surface area contributed by atoms with Gasteiger partial charge in [-0.25, -0.2) is 8.78 Å². The predicted octanol–water partition coefficient (Wildman–Crippen LogP) is 1.25. The van der Waals surface area contributed by atoms with Crippen molar-refractivity contribution in [2.75, 3.05) is 0 Å². The number of nitrogens with two attached hydrogens (primary N) is 1. The fourth-order valence-corrected chi connectivity index (χ4v) is 1.17. The second-order valence-corrected chi connectivity index (χ2v) is 3.02. The van der Waals surface area contributed by atoms with Crippen LogP contribution in [0.4, 0.5) is 8.78 Å². The predicted molar refractivity (Wildman–Crippen MR) is 52.8 cm³/mol. The van der Waals surface area contributed by atoms with Crippen LogP contribution in [0.2, 0.25) is 0 Å². The van der Waals surface area contributed by atoms with E-state index in [1.165, 1.54) is 6.07 Å². The van der Waals surface area contributed by atoms with Gasteiger partial charge in [-0.05, 0) is 6.07 Å². The highest BCUT2D eigenvalue weighted by Crippen LogP contribution is 2.26. The van der Waals surface area contributed by atoms with E-state index in [0.29, 0.717) is 0 Å². The van der Waals surface area contributed by atoms with Crippen LogP contribution in [0.25, 0.3) is 5.57 Å². The number of phenols is 1. The van der Waals surface area contributed by atoms with Crippen molar-refractivity contribution in [1.82, 2.24) is 0 Å². The first-order valence-corrected chi connectivity index (χ1v) is 4.25.